The summed E-state index contributed by atoms with van der Waals surface area (Å²) < 4.78 is 1.06. The van der Waals surface area contributed by atoms with Gasteiger partial charge in [-0.25, -0.2) is 0 Å². The minimum Gasteiger partial charge on any atom is -0.395 e. The number of rotatable bonds is 7. The molecule has 0 saturated carbocycles. The van der Waals surface area contributed by atoms with E-state index in [1.165, 1.54) is 0 Å². The normalized spacial score (nSPS) is 13.3. The van der Waals surface area contributed by atoms with Gasteiger partial charge in [0.1, 0.15) is 0 Å². The molecular weight excluding hydrogens is 292 g/mol. The molecule has 1 heterocycles. The molecule has 0 spiro atoms. The van der Waals surface area contributed by atoms with Crippen molar-refractivity contribution in [2.75, 3.05) is 32.8 Å². The van der Waals surface area contributed by atoms with Crippen molar-refractivity contribution in [2.24, 2.45) is 5.73 Å². The van der Waals surface area contributed by atoms with Crippen LogP contribution in [0.25, 0.3) is 0 Å². The number of nitrogens with two attached hydrogens (primary N) is 1. The highest BCUT2D eigenvalue weighted by molar-refractivity contribution is 9.11. The summed E-state index contributed by atoms with van der Waals surface area (Å²) >= 11 is 5.05. The van der Waals surface area contributed by atoms with Crippen LogP contribution in [-0.2, 0) is 0 Å². The lowest BCUT2D eigenvalue weighted by Crippen LogP contribution is -2.37. The Morgan fingerprint density at radius 2 is 1.94 bits per heavy atom. The molecule has 1 unspecified atom stereocenters. The van der Waals surface area contributed by atoms with Crippen LogP contribution >= 0.6 is 27.3 Å². The second-order valence-electron chi connectivity index (χ2n) is 3.38. The highest BCUT2D eigenvalue weighted by Gasteiger charge is 2.19. The van der Waals surface area contributed by atoms with Gasteiger partial charge in [0.15, 0.2) is 0 Å². The number of nitrogens with zero attached hydrogens (tertiary/aromatic N) is 1. The zero-order valence-electron chi connectivity index (χ0n) is 8.97. The van der Waals surface area contributed by atoms with Crippen molar-refractivity contribution >= 4 is 27.3 Å². The number of halogens is 1. The Morgan fingerprint density at radius 3 is 2.31 bits per heavy atom. The van der Waals surface area contributed by atoms with Crippen LogP contribution < -0.4 is 5.73 Å². The maximum atomic E-state index is 8.99. The zero-order chi connectivity index (χ0) is 12.0. The molecule has 0 saturated heterocycles. The summed E-state index contributed by atoms with van der Waals surface area (Å²) in [7, 11) is 0. The average Bonchev–Trinajstić information content (AvgIpc) is 2.67. The molecule has 4 N–H and O–H groups in total. The molecule has 0 bridgehead atoms. The predicted molar refractivity (Wildman–Crippen MR) is 69.6 cm³/mol. The van der Waals surface area contributed by atoms with Crippen LogP contribution in [0.5, 0.6) is 0 Å². The minimum atomic E-state index is 0.0654. The topological polar surface area (TPSA) is 69.7 Å². The fraction of sp³-hybridized carbons (Fsp3) is 0.600. The molecule has 0 aliphatic rings. The SMILES string of the molecule is NCC(c1ccc(Br)s1)N(CCO)CCO. The lowest BCUT2D eigenvalue weighted by atomic mass is 10.2. The van der Waals surface area contributed by atoms with Gasteiger partial charge in [-0.3, -0.25) is 4.90 Å². The van der Waals surface area contributed by atoms with E-state index in [1.54, 1.807) is 11.3 Å². The first-order valence-electron chi connectivity index (χ1n) is 5.14. The van der Waals surface area contributed by atoms with Gasteiger partial charge in [0.25, 0.3) is 0 Å². The third-order valence-electron chi connectivity index (χ3n) is 2.36. The Hall–Kier alpha value is 0.0200. The van der Waals surface area contributed by atoms with Crippen molar-refractivity contribution in [2.45, 2.75) is 6.04 Å². The van der Waals surface area contributed by atoms with E-state index >= 15 is 0 Å². The fourth-order valence-corrected chi connectivity index (χ4v) is 3.20. The van der Waals surface area contributed by atoms with Crippen LogP contribution in [-0.4, -0.2) is 48.0 Å². The third kappa shape index (κ3) is 3.80. The van der Waals surface area contributed by atoms with Gasteiger partial charge >= 0.3 is 0 Å². The Labute approximate surface area is 108 Å². The van der Waals surface area contributed by atoms with Gasteiger partial charge in [0.05, 0.1) is 23.0 Å². The van der Waals surface area contributed by atoms with Crippen molar-refractivity contribution in [3.05, 3.63) is 20.8 Å². The quantitative estimate of drug-likeness (QED) is 0.697. The van der Waals surface area contributed by atoms with Crippen molar-refractivity contribution in [3.63, 3.8) is 0 Å². The maximum Gasteiger partial charge on any atom is 0.0702 e. The van der Waals surface area contributed by atoms with Gasteiger partial charge in [-0.2, -0.15) is 0 Å². The first-order chi connectivity index (χ1) is 7.72. The first kappa shape index (κ1) is 14.1. The van der Waals surface area contributed by atoms with Gasteiger partial charge in [-0.15, -0.1) is 11.3 Å². The molecule has 16 heavy (non-hydrogen) atoms. The van der Waals surface area contributed by atoms with Gasteiger partial charge in [-0.05, 0) is 28.1 Å². The monoisotopic (exact) mass is 308 g/mol. The summed E-state index contributed by atoms with van der Waals surface area (Å²) in [4.78, 5) is 3.15. The molecule has 0 aliphatic heterocycles. The molecule has 0 aliphatic carbocycles. The van der Waals surface area contributed by atoms with Gasteiger partial charge in [0, 0.05) is 24.5 Å². The second kappa shape index (κ2) is 7.37. The number of thiophene rings is 1. The average molecular weight is 309 g/mol. The Bertz CT molecular complexity index is 303. The molecule has 1 aromatic heterocycles. The minimum absolute atomic E-state index is 0.0654. The number of aliphatic hydroxyl groups excluding tert-OH is 2. The van der Waals surface area contributed by atoms with E-state index in [9.17, 15) is 0 Å². The molecule has 0 fully saturated rings. The Kier molecular flexibility index (Phi) is 6.48. The summed E-state index contributed by atoms with van der Waals surface area (Å²) in [6.07, 6.45) is 0. The van der Waals surface area contributed by atoms with Crippen LogP contribution in [0.3, 0.4) is 0 Å². The number of aliphatic hydroxyl groups is 2. The summed E-state index contributed by atoms with van der Waals surface area (Å²) in [6, 6.07) is 4.07. The number of hydrogen-bond acceptors (Lipinski definition) is 5. The zero-order valence-corrected chi connectivity index (χ0v) is 11.4. The van der Waals surface area contributed by atoms with E-state index in [2.05, 4.69) is 15.9 Å². The molecule has 92 valence electrons. The van der Waals surface area contributed by atoms with Crippen molar-refractivity contribution in [3.8, 4) is 0 Å². The van der Waals surface area contributed by atoms with E-state index in [4.69, 9.17) is 15.9 Å². The highest BCUT2D eigenvalue weighted by Crippen LogP contribution is 2.29. The molecule has 0 amide bonds. The first-order valence-corrected chi connectivity index (χ1v) is 6.75. The molecule has 1 atom stereocenters. The Morgan fingerprint density at radius 1 is 1.31 bits per heavy atom. The van der Waals surface area contributed by atoms with Crippen LogP contribution in [0.15, 0.2) is 15.9 Å². The van der Waals surface area contributed by atoms with E-state index in [1.807, 2.05) is 17.0 Å². The lowest BCUT2D eigenvalue weighted by molar-refractivity contribution is 0.126. The third-order valence-corrected chi connectivity index (χ3v) is 4.09. The smallest absolute Gasteiger partial charge is 0.0702 e. The number of hydrogen-bond donors (Lipinski definition) is 3. The Balaban J connectivity index is 2.76. The molecule has 1 aromatic rings. The van der Waals surface area contributed by atoms with Crippen LogP contribution in [0.4, 0.5) is 0 Å². The highest BCUT2D eigenvalue weighted by atomic mass is 79.9. The van der Waals surface area contributed by atoms with Crippen molar-refractivity contribution in [1.29, 1.82) is 0 Å². The van der Waals surface area contributed by atoms with E-state index < -0.39 is 0 Å². The maximum absolute atomic E-state index is 8.99. The summed E-state index contributed by atoms with van der Waals surface area (Å²) in [5.74, 6) is 0. The molecule has 6 heteroatoms. The second-order valence-corrected chi connectivity index (χ2v) is 5.87. The molecule has 0 aromatic carbocycles. The summed E-state index contributed by atoms with van der Waals surface area (Å²) in [5, 5.41) is 18.0. The van der Waals surface area contributed by atoms with Gasteiger partial charge in [0.2, 0.25) is 0 Å². The largest absolute Gasteiger partial charge is 0.395 e. The molecular formula is C10H17BrN2O2S. The van der Waals surface area contributed by atoms with Gasteiger partial charge < -0.3 is 15.9 Å². The summed E-state index contributed by atoms with van der Waals surface area (Å²) in [6.45, 7) is 1.68. The lowest BCUT2D eigenvalue weighted by Gasteiger charge is -2.28. The van der Waals surface area contributed by atoms with E-state index in [0.717, 1.165) is 8.66 Å². The van der Waals surface area contributed by atoms with Crippen LogP contribution in [0.2, 0.25) is 0 Å². The van der Waals surface area contributed by atoms with Crippen molar-refractivity contribution < 1.29 is 10.2 Å². The fourth-order valence-electron chi connectivity index (χ4n) is 1.63. The molecule has 0 radical (unpaired) electrons. The van der Waals surface area contributed by atoms with Crippen LogP contribution in [0.1, 0.15) is 10.9 Å². The van der Waals surface area contributed by atoms with Gasteiger partial charge in [-0.1, -0.05) is 0 Å². The molecule has 4 nitrogen and oxygen atoms in total. The summed E-state index contributed by atoms with van der Waals surface area (Å²) in [5.41, 5.74) is 5.76. The predicted octanol–water partition coefficient (Wildman–Crippen LogP) is 0.797. The standard InChI is InChI=1S/C10H17BrN2O2S/c11-10-2-1-9(16-10)8(7-12)13(3-5-14)4-6-15/h1-2,8,14-15H,3-7,12H2. The van der Waals surface area contributed by atoms with E-state index in [-0.39, 0.29) is 19.3 Å². The van der Waals surface area contributed by atoms with Crippen molar-refractivity contribution in [1.82, 2.24) is 4.90 Å². The van der Waals surface area contributed by atoms with Crippen LogP contribution in [0, 0.1) is 0 Å². The molecule has 1 rings (SSSR count). The van der Waals surface area contributed by atoms with E-state index in [0.29, 0.717) is 19.6 Å².